The maximum atomic E-state index is 6.00. The Morgan fingerprint density at radius 2 is 2.15 bits per heavy atom. The zero-order chi connectivity index (χ0) is 14.1. The highest BCUT2D eigenvalue weighted by Gasteiger charge is 2.11. The van der Waals surface area contributed by atoms with Gasteiger partial charge in [0, 0.05) is 12.4 Å². The lowest BCUT2D eigenvalue weighted by atomic mass is 10.1. The SMILES string of the molecule is CCc1ccc(Oc2nccn3c(C)nnc23)c(N)c1. The molecule has 2 N–H and O–H groups in total. The second-order valence-electron chi connectivity index (χ2n) is 4.50. The minimum atomic E-state index is 0.393. The number of anilines is 1. The Morgan fingerprint density at radius 3 is 2.90 bits per heavy atom. The fourth-order valence-corrected chi connectivity index (χ4v) is 2.01. The average molecular weight is 269 g/mol. The van der Waals surface area contributed by atoms with Crippen molar-refractivity contribution < 1.29 is 4.74 Å². The van der Waals surface area contributed by atoms with Crippen LogP contribution in [0.15, 0.2) is 30.6 Å². The third-order valence-corrected chi connectivity index (χ3v) is 3.15. The topological polar surface area (TPSA) is 78.3 Å². The number of nitrogens with two attached hydrogens (primary N) is 1. The quantitative estimate of drug-likeness (QED) is 0.738. The van der Waals surface area contributed by atoms with Gasteiger partial charge in [-0.05, 0) is 31.0 Å². The lowest BCUT2D eigenvalue weighted by Gasteiger charge is -2.09. The van der Waals surface area contributed by atoms with Gasteiger partial charge >= 0.3 is 0 Å². The van der Waals surface area contributed by atoms with Crippen LogP contribution in [0.4, 0.5) is 5.69 Å². The van der Waals surface area contributed by atoms with Gasteiger partial charge in [0.15, 0.2) is 5.75 Å². The molecule has 2 aromatic heterocycles. The molecular weight excluding hydrogens is 254 g/mol. The van der Waals surface area contributed by atoms with Crippen LogP contribution in [-0.4, -0.2) is 19.6 Å². The number of hydrogen-bond acceptors (Lipinski definition) is 5. The number of nitrogens with zero attached hydrogens (tertiary/aromatic N) is 4. The van der Waals surface area contributed by atoms with Crippen LogP contribution < -0.4 is 10.5 Å². The van der Waals surface area contributed by atoms with Gasteiger partial charge in [0.2, 0.25) is 5.65 Å². The van der Waals surface area contributed by atoms with Crippen LogP contribution in [0.25, 0.3) is 5.65 Å². The Balaban J connectivity index is 2.01. The molecule has 0 unspecified atom stereocenters. The molecule has 3 aromatic rings. The summed E-state index contributed by atoms with van der Waals surface area (Å²) in [5.74, 6) is 1.74. The van der Waals surface area contributed by atoms with E-state index in [9.17, 15) is 0 Å². The molecule has 0 saturated carbocycles. The maximum absolute atomic E-state index is 6.00. The van der Waals surface area contributed by atoms with E-state index in [1.807, 2.05) is 29.5 Å². The smallest absolute Gasteiger partial charge is 0.265 e. The van der Waals surface area contributed by atoms with Crippen LogP contribution in [0.3, 0.4) is 0 Å². The summed E-state index contributed by atoms with van der Waals surface area (Å²) in [6, 6.07) is 5.74. The zero-order valence-corrected chi connectivity index (χ0v) is 11.4. The van der Waals surface area contributed by atoms with Crippen LogP contribution in [0.2, 0.25) is 0 Å². The highest BCUT2D eigenvalue weighted by atomic mass is 16.5. The van der Waals surface area contributed by atoms with E-state index in [0.717, 1.165) is 12.2 Å². The van der Waals surface area contributed by atoms with Gasteiger partial charge in [-0.15, -0.1) is 10.2 Å². The van der Waals surface area contributed by atoms with E-state index in [4.69, 9.17) is 10.5 Å². The summed E-state index contributed by atoms with van der Waals surface area (Å²) in [6.07, 6.45) is 4.37. The summed E-state index contributed by atoms with van der Waals surface area (Å²) < 4.78 is 7.59. The molecule has 0 aliphatic carbocycles. The second kappa shape index (κ2) is 4.80. The fraction of sp³-hybridized carbons (Fsp3) is 0.214. The van der Waals surface area contributed by atoms with Gasteiger partial charge in [-0.25, -0.2) is 4.98 Å². The van der Waals surface area contributed by atoms with Crippen molar-refractivity contribution in [1.29, 1.82) is 0 Å². The van der Waals surface area contributed by atoms with Crippen LogP contribution in [-0.2, 0) is 6.42 Å². The molecule has 3 rings (SSSR count). The number of hydrogen-bond donors (Lipinski definition) is 1. The van der Waals surface area contributed by atoms with E-state index in [1.165, 1.54) is 5.56 Å². The number of rotatable bonds is 3. The number of aromatic nitrogens is 4. The van der Waals surface area contributed by atoms with Crippen LogP contribution in [0.5, 0.6) is 11.6 Å². The Bertz CT molecular complexity index is 765. The van der Waals surface area contributed by atoms with Gasteiger partial charge in [-0.1, -0.05) is 13.0 Å². The van der Waals surface area contributed by atoms with E-state index in [1.54, 1.807) is 12.4 Å². The summed E-state index contributed by atoms with van der Waals surface area (Å²) in [4.78, 5) is 4.20. The van der Waals surface area contributed by atoms with Gasteiger partial charge in [0.1, 0.15) is 5.82 Å². The van der Waals surface area contributed by atoms with Crippen molar-refractivity contribution >= 4 is 11.3 Å². The van der Waals surface area contributed by atoms with E-state index < -0.39 is 0 Å². The molecule has 102 valence electrons. The van der Waals surface area contributed by atoms with Crippen molar-refractivity contribution in [3.8, 4) is 11.6 Å². The predicted octanol–water partition coefficient (Wildman–Crippen LogP) is 2.37. The molecule has 6 nitrogen and oxygen atoms in total. The minimum absolute atomic E-state index is 0.393. The predicted molar refractivity (Wildman–Crippen MR) is 75.8 cm³/mol. The molecule has 0 amide bonds. The van der Waals surface area contributed by atoms with Gasteiger partial charge < -0.3 is 10.5 Å². The van der Waals surface area contributed by atoms with E-state index in [2.05, 4.69) is 22.1 Å². The number of benzene rings is 1. The number of ether oxygens (including phenoxy) is 1. The summed E-state index contributed by atoms with van der Waals surface area (Å²) in [7, 11) is 0. The normalized spacial score (nSPS) is 10.9. The molecule has 20 heavy (non-hydrogen) atoms. The molecule has 0 aliphatic rings. The van der Waals surface area contributed by atoms with Crippen molar-refractivity contribution in [3.63, 3.8) is 0 Å². The Hall–Kier alpha value is -2.63. The monoisotopic (exact) mass is 269 g/mol. The van der Waals surface area contributed by atoms with Gasteiger partial charge in [-0.2, -0.15) is 0 Å². The van der Waals surface area contributed by atoms with E-state index >= 15 is 0 Å². The standard InChI is InChI=1S/C14H15N5O/c1-3-10-4-5-12(11(15)8-10)20-14-13-18-17-9(2)19(13)7-6-16-14/h4-8H,3,15H2,1-2H3. The first-order chi connectivity index (χ1) is 9.69. The molecule has 0 atom stereocenters. The van der Waals surface area contributed by atoms with E-state index in [-0.39, 0.29) is 0 Å². The first kappa shape index (κ1) is 12.4. The lowest BCUT2D eigenvalue weighted by molar-refractivity contribution is 0.467. The van der Waals surface area contributed by atoms with Gasteiger partial charge in [0.25, 0.3) is 5.88 Å². The van der Waals surface area contributed by atoms with Crippen molar-refractivity contribution in [3.05, 3.63) is 42.0 Å². The van der Waals surface area contributed by atoms with Crippen molar-refractivity contribution in [2.24, 2.45) is 0 Å². The second-order valence-corrected chi connectivity index (χ2v) is 4.50. The number of nitrogen functional groups attached to an aromatic ring is 1. The maximum Gasteiger partial charge on any atom is 0.265 e. The molecular formula is C14H15N5O. The molecule has 2 heterocycles. The summed E-state index contributed by atoms with van der Waals surface area (Å²) in [5.41, 5.74) is 8.33. The summed E-state index contributed by atoms with van der Waals surface area (Å²) in [6.45, 7) is 3.95. The first-order valence-corrected chi connectivity index (χ1v) is 6.41. The zero-order valence-electron chi connectivity index (χ0n) is 11.4. The van der Waals surface area contributed by atoms with E-state index in [0.29, 0.717) is 23.0 Å². The van der Waals surface area contributed by atoms with Crippen molar-refractivity contribution in [2.45, 2.75) is 20.3 Å². The Labute approximate surface area is 116 Å². The Kier molecular flexibility index (Phi) is 2.98. The molecule has 0 radical (unpaired) electrons. The molecule has 1 aromatic carbocycles. The fourth-order valence-electron chi connectivity index (χ4n) is 2.01. The molecule has 0 spiro atoms. The van der Waals surface area contributed by atoms with Gasteiger partial charge in [0.05, 0.1) is 5.69 Å². The Morgan fingerprint density at radius 1 is 1.30 bits per heavy atom. The van der Waals surface area contributed by atoms with Gasteiger partial charge in [-0.3, -0.25) is 4.40 Å². The molecule has 0 fully saturated rings. The summed E-state index contributed by atoms with van der Waals surface area (Å²) >= 11 is 0. The largest absolute Gasteiger partial charge is 0.434 e. The number of fused-ring (bicyclic) bond motifs is 1. The summed E-state index contributed by atoms with van der Waals surface area (Å²) in [5, 5.41) is 8.07. The lowest BCUT2D eigenvalue weighted by Crippen LogP contribution is -1.98. The molecule has 0 bridgehead atoms. The molecule has 0 aliphatic heterocycles. The highest BCUT2D eigenvalue weighted by Crippen LogP contribution is 2.29. The average Bonchev–Trinajstić information content (AvgIpc) is 2.84. The van der Waals surface area contributed by atoms with Crippen LogP contribution >= 0.6 is 0 Å². The first-order valence-electron chi connectivity index (χ1n) is 6.41. The van der Waals surface area contributed by atoms with Crippen molar-refractivity contribution in [2.75, 3.05) is 5.73 Å². The van der Waals surface area contributed by atoms with Crippen molar-refractivity contribution in [1.82, 2.24) is 19.6 Å². The van der Waals surface area contributed by atoms with Crippen LogP contribution in [0, 0.1) is 6.92 Å². The number of aryl methyl sites for hydroxylation is 2. The molecule has 0 saturated heterocycles. The third-order valence-electron chi connectivity index (χ3n) is 3.15. The molecule has 6 heteroatoms. The minimum Gasteiger partial charge on any atom is -0.434 e. The third kappa shape index (κ3) is 2.05. The highest BCUT2D eigenvalue weighted by molar-refractivity contribution is 5.58. The van der Waals surface area contributed by atoms with Crippen LogP contribution in [0.1, 0.15) is 18.3 Å².